The molecule has 6 heteroatoms. The Balaban J connectivity index is 1.84. The van der Waals surface area contributed by atoms with E-state index in [-0.39, 0.29) is 23.9 Å². The van der Waals surface area contributed by atoms with E-state index in [2.05, 4.69) is 0 Å². The topological polar surface area (TPSA) is 62.6 Å². The van der Waals surface area contributed by atoms with Crippen molar-refractivity contribution in [1.29, 1.82) is 0 Å². The summed E-state index contributed by atoms with van der Waals surface area (Å²) in [7, 11) is 1.80. The number of nitrogens with zero attached hydrogens (tertiary/aromatic N) is 3. The van der Waals surface area contributed by atoms with Crippen molar-refractivity contribution in [2.24, 2.45) is 0 Å². The largest absolute Gasteiger partial charge is 0.344 e. The monoisotopic (exact) mass is 303 g/mol. The second-order valence-corrected chi connectivity index (χ2v) is 6.18. The number of pyridine rings is 1. The number of rotatable bonds is 2. The summed E-state index contributed by atoms with van der Waals surface area (Å²) < 4.78 is 1.39. The summed E-state index contributed by atoms with van der Waals surface area (Å²) in [5.41, 5.74) is -0.876. The Kier molecular flexibility index (Phi) is 3.76. The number of likely N-dealkylation sites (N-methyl/N-ethyl adjacent to an activating group) is 1. The van der Waals surface area contributed by atoms with E-state index in [1.807, 2.05) is 0 Å². The molecule has 1 atom stereocenters. The van der Waals surface area contributed by atoms with Crippen LogP contribution < -0.4 is 5.56 Å². The Morgan fingerprint density at radius 3 is 2.64 bits per heavy atom. The molecule has 3 heterocycles. The van der Waals surface area contributed by atoms with Crippen molar-refractivity contribution >= 4 is 11.8 Å². The minimum absolute atomic E-state index is 0.00157. The SMILES string of the molecule is CN1CCCC2(CCCN2C(=O)Cn2ccccc2=O)C1=O. The van der Waals surface area contributed by atoms with Gasteiger partial charge in [0.25, 0.3) is 5.56 Å². The third-order valence-electron chi connectivity index (χ3n) is 4.82. The molecule has 1 aromatic rings. The molecule has 1 spiro atoms. The number of amides is 2. The van der Waals surface area contributed by atoms with Crippen LogP contribution in [0.2, 0.25) is 0 Å². The molecule has 6 nitrogen and oxygen atoms in total. The van der Waals surface area contributed by atoms with Gasteiger partial charge in [-0.1, -0.05) is 6.07 Å². The molecule has 118 valence electrons. The van der Waals surface area contributed by atoms with Crippen molar-refractivity contribution in [3.05, 3.63) is 34.7 Å². The van der Waals surface area contributed by atoms with Crippen LogP contribution in [0.5, 0.6) is 0 Å². The lowest BCUT2D eigenvalue weighted by atomic mass is 9.85. The zero-order valence-corrected chi connectivity index (χ0v) is 12.8. The van der Waals surface area contributed by atoms with E-state index >= 15 is 0 Å². The fourth-order valence-corrected chi connectivity index (χ4v) is 3.72. The molecule has 3 rings (SSSR count). The Morgan fingerprint density at radius 2 is 1.91 bits per heavy atom. The second kappa shape index (κ2) is 5.59. The number of piperidine rings is 1. The van der Waals surface area contributed by atoms with Gasteiger partial charge in [-0.15, -0.1) is 0 Å². The average Bonchev–Trinajstić information content (AvgIpc) is 2.92. The molecule has 2 aliphatic rings. The molecule has 2 saturated heterocycles. The van der Waals surface area contributed by atoms with E-state index < -0.39 is 5.54 Å². The van der Waals surface area contributed by atoms with Gasteiger partial charge in [-0.25, -0.2) is 0 Å². The summed E-state index contributed by atoms with van der Waals surface area (Å²) in [6, 6.07) is 4.82. The highest BCUT2D eigenvalue weighted by Crippen LogP contribution is 2.37. The summed E-state index contributed by atoms with van der Waals surface area (Å²) >= 11 is 0. The van der Waals surface area contributed by atoms with Crippen LogP contribution in [-0.4, -0.2) is 51.9 Å². The molecule has 0 N–H and O–H groups in total. The van der Waals surface area contributed by atoms with Crippen LogP contribution in [0.3, 0.4) is 0 Å². The summed E-state index contributed by atoms with van der Waals surface area (Å²) in [5, 5.41) is 0. The predicted octanol–water partition coefficient (Wildman–Crippen LogP) is 0.462. The third kappa shape index (κ3) is 2.32. The van der Waals surface area contributed by atoms with Crippen LogP contribution in [0.1, 0.15) is 25.7 Å². The standard InChI is InChI=1S/C16H21N3O3/c1-17-9-4-7-16(15(17)22)8-5-11-19(16)14(21)12-18-10-3-2-6-13(18)20/h2-3,6,10H,4-5,7-9,11-12H2,1H3. The first-order chi connectivity index (χ1) is 10.5. The quantitative estimate of drug-likeness (QED) is 0.797. The number of hydrogen-bond acceptors (Lipinski definition) is 3. The van der Waals surface area contributed by atoms with Crippen molar-refractivity contribution in [2.75, 3.05) is 20.1 Å². The Labute approximate surface area is 129 Å². The molecule has 2 fully saturated rings. The first-order valence-electron chi connectivity index (χ1n) is 7.76. The molecule has 0 radical (unpaired) electrons. The average molecular weight is 303 g/mol. The van der Waals surface area contributed by atoms with Crippen molar-refractivity contribution < 1.29 is 9.59 Å². The molecular weight excluding hydrogens is 282 g/mol. The van der Waals surface area contributed by atoms with Crippen molar-refractivity contribution in [3.63, 3.8) is 0 Å². The normalized spacial score (nSPS) is 25.0. The van der Waals surface area contributed by atoms with Gasteiger partial charge >= 0.3 is 0 Å². The van der Waals surface area contributed by atoms with Gasteiger partial charge in [0.05, 0.1) is 0 Å². The zero-order chi connectivity index (χ0) is 15.7. The summed E-state index contributed by atoms with van der Waals surface area (Å²) in [5.74, 6) is -0.0977. The zero-order valence-electron chi connectivity index (χ0n) is 12.8. The fourth-order valence-electron chi connectivity index (χ4n) is 3.72. The van der Waals surface area contributed by atoms with Crippen LogP contribution in [0.15, 0.2) is 29.2 Å². The highest BCUT2D eigenvalue weighted by atomic mass is 16.2. The second-order valence-electron chi connectivity index (χ2n) is 6.18. The summed E-state index contributed by atoms with van der Waals surface area (Å²) in [6.07, 6.45) is 4.82. The van der Waals surface area contributed by atoms with Gasteiger partial charge in [-0.3, -0.25) is 14.4 Å². The molecule has 0 aromatic carbocycles. The summed E-state index contributed by atoms with van der Waals surface area (Å²) in [4.78, 5) is 40.5. The van der Waals surface area contributed by atoms with E-state index in [4.69, 9.17) is 0 Å². The number of hydrogen-bond donors (Lipinski definition) is 0. The van der Waals surface area contributed by atoms with Gasteiger partial charge in [0.1, 0.15) is 12.1 Å². The maximum absolute atomic E-state index is 12.7. The predicted molar refractivity (Wildman–Crippen MR) is 81.3 cm³/mol. The van der Waals surface area contributed by atoms with E-state index in [1.165, 1.54) is 10.6 Å². The number of aromatic nitrogens is 1. The smallest absolute Gasteiger partial charge is 0.250 e. The molecular formula is C16H21N3O3. The van der Waals surface area contributed by atoms with E-state index in [0.29, 0.717) is 6.54 Å². The van der Waals surface area contributed by atoms with E-state index in [1.54, 1.807) is 35.2 Å². The van der Waals surface area contributed by atoms with Gasteiger partial charge in [0.15, 0.2) is 0 Å². The first-order valence-corrected chi connectivity index (χ1v) is 7.76. The minimum atomic E-state index is -0.678. The maximum Gasteiger partial charge on any atom is 0.250 e. The highest BCUT2D eigenvalue weighted by Gasteiger charge is 2.51. The van der Waals surface area contributed by atoms with E-state index in [0.717, 1.165) is 32.2 Å². The number of carbonyl (C=O) groups excluding carboxylic acids is 2. The minimum Gasteiger partial charge on any atom is -0.344 e. The maximum atomic E-state index is 12.7. The fraction of sp³-hybridized carbons (Fsp3) is 0.562. The molecule has 22 heavy (non-hydrogen) atoms. The third-order valence-corrected chi connectivity index (χ3v) is 4.82. The Bertz CT molecular complexity index is 654. The first kappa shape index (κ1) is 14.8. The number of likely N-dealkylation sites (tertiary alicyclic amines) is 2. The molecule has 1 aromatic heterocycles. The van der Waals surface area contributed by atoms with Gasteiger partial charge in [-0.05, 0) is 31.7 Å². The summed E-state index contributed by atoms with van der Waals surface area (Å²) in [6.45, 7) is 1.35. The molecule has 0 saturated carbocycles. The van der Waals surface area contributed by atoms with Gasteiger partial charge < -0.3 is 14.4 Å². The van der Waals surface area contributed by atoms with Crippen LogP contribution in [0, 0.1) is 0 Å². The van der Waals surface area contributed by atoms with Gasteiger partial charge in [0.2, 0.25) is 11.8 Å². The van der Waals surface area contributed by atoms with Crippen LogP contribution in [0.25, 0.3) is 0 Å². The highest BCUT2D eigenvalue weighted by molar-refractivity contribution is 5.92. The van der Waals surface area contributed by atoms with Crippen molar-refractivity contribution in [1.82, 2.24) is 14.4 Å². The van der Waals surface area contributed by atoms with Gasteiger partial charge in [-0.2, -0.15) is 0 Å². The molecule has 0 bridgehead atoms. The van der Waals surface area contributed by atoms with E-state index in [9.17, 15) is 14.4 Å². The Morgan fingerprint density at radius 1 is 1.18 bits per heavy atom. The lowest BCUT2D eigenvalue weighted by Crippen LogP contribution is -2.61. The van der Waals surface area contributed by atoms with Crippen LogP contribution in [-0.2, 0) is 16.1 Å². The van der Waals surface area contributed by atoms with Gasteiger partial charge in [0, 0.05) is 32.4 Å². The number of carbonyl (C=O) groups is 2. The Hall–Kier alpha value is -2.11. The molecule has 0 aliphatic carbocycles. The van der Waals surface area contributed by atoms with Crippen molar-refractivity contribution in [3.8, 4) is 0 Å². The molecule has 2 aliphatic heterocycles. The molecule has 2 amide bonds. The van der Waals surface area contributed by atoms with Crippen LogP contribution in [0.4, 0.5) is 0 Å². The van der Waals surface area contributed by atoms with Crippen LogP contribution >= 0.6 is 0 Å². The van der Waals surface area contributed by atoms with Crippen molar-refractivity contribution in [2.45, 2.75) is 37.8 Å². The lowest BCUT2D eigenvalue weighted by molar-refractivity contribution is -0.154. The molecule has 1 unspecified atom stereocenters. The lowest BCUT2D eigenvalue weighted by Gasteiger charge is -2.43.